The quantitative estimate of drug-likeness (QED) is 0.228. The zero-order valence-electron chi connectivity index (χ0n) is 15.5. The third-order valence-corrected chi connectivity index (χ3v) is 5.10. The fourth-order valence-corrected chi connectivity index (χ4v) is 3.92. The van der Waals surface area contributed by atoms with E-state index in [0.717, 1.165) is 0 Å². The van der Waals surface area contributed by atoms with E-state index < -0.39 is 0 Å². The van der Waals surface area contributed by atoms with Crippen LogP contribution in [0.25, 0.3) is 0 Å². The maximum absolute atomic E-state index is 7.50. The normalized spacial score (nSPS) is 15.8. The molecule has 3 nitrogen and oxygen atoms in total. The molecule has 23 heavy (non-hydrogen) atoms. The number of rotatable bonds is 0. The molecule has 1 rings (SSSR count). The molecule has 0 saturated carbocycles. The molecule has 0 aromatic rings. The van der Waals surface area contributed by atoms with Gasteiger partial charge < -0.3 is 0 Å². The van der Waals surface area contributed by atoms with Crippen molar-refractivity contribution >= 4 is 8.58 Å². The Balaban J connectivity index is -0.000000231. The van der Waals surface area contributed by atoms with Crippen LogP contribution < -0.4 is 0 Å². The van der Waals surface area contributed by atoms with Gasteiger partial charge in [-0.15, -0.1) is 0 Å². The second-order valence-electron chi connectivity index (χ2n) is 7.93. The van der Waals surface area contributed by atoms with Crippen LogP contribution in [0.15, 0.2) is 0 Å². The average molecular weight is 378 g/mol. The summed E-state index contributed by atoms with van der Waals surface area (Å²) < 4.78 is 22.5. The summed E-state index contributed by atoms with van der Waals surface area (Å²) in [5.74, 6) is 1.63. The predicted octanol–water partition coefficient (Wildman–Crippen LogP) is 5.61. The Kier molecular flexibility index (Phi) is 16.9. The molecule has 0 atom stereocenters. The second-order valence-corrected chi connectivity index (χ2v) is 9.05. The van der Waals surface area contributed by atoms with E-state index in [4.69, 9.17) is 14.0 Å². The molecule has 1 aliphatic heterocycles. The molecule has 1 fully saturated rings. The first-order chi connectivity index (χ1) is 9.85. The fraction of sp³-hybridized carbons (Fsp3) is 0.667. The van der Waals surface area contributed by atoms with E-state index in [1.54, 1.807) is 17.2 Å². The van der Waals surface area contributed by atoms with Gasteiger partial charge in [0.2, 0.25) is 0 Å². The van der Waals surface area contributed by atoms with Gasteiger partial charge in [-0.25, -0.2) is 0 Å². The molecule has 1 saturated heterocycles. The standard InChI is InChI=1S/C15H27P.3CO.Fe/c1-13(2,3)10-11(14(4,5)6)16-12(10)15(7,8)9;3*1-2;/h1-9H3;;;;. The third kappa shape index (κ3) is 9.91. The molecule has 0 amide bonds. The minimum absolute atomic E-state index is 0. The Hall–Kier alpha value is 0.169. The summed E-state index contributed by atoms with van der Waals surface area (Å²) in [4.78, 5) is 0. The van der Waals surface area contributed by atoms with Gasteiger partial charge in [-0.05, 0) is 16.2 Å². The minimum atomic E-state index is 0. The van der Waals surface area contributed by atoms with Gasteiger partial charge in [0, 0.05) is 34.3 Å². The number of hydrogen-bond donors (Lipinski definition) is 0. The number of hydrogen-bond acceptors (Lipinski definition) is 0. The van der Waals surface area contributed by atoms with Gasteiger partial charge in [0.25, 0.3) is 0 Å². The molecule has 1 aliphatic rings. The largest absolute Gasteiger partial charge is 0 e. The third-order valence-electron chi connectivity index (χ3n) is 2.87. The van der Waals surface area contributed by atoms with Crippen molar-refractivity contribution in [2.24, 2.45) is 16.2 Å². The second kappa shape index (κ2) is 12.5. The van der Waals surface area contributed by atoms with Crippen molar-refractivity contribution in [3.8, 4) is 0 Å². The fourth-order valence-electron chi connectivity index (χ4n) is 2.08. The maximum atomic E-state index is 7.50. The van der Waals surface area contributed by atoms with Gasteiger partial charge in [0.15, 0.2) is 0 Å². The van der Waals surface area contributed by atoms with Crippen molar-refractivity contribution < 1.29 is 31.0 Å². The van der Waals surface area contributed by atoms with Gasteiger partial charge in [0.05, 0.1) is 0 Å². The first kappa shape index (κ1) is 31.0. The Labute approximate surface area is 155 Å². The van der Waals surface area contributed by atoms with Crippen molar-refractivity contribution in [3.63, 3.8) is 0 Å². The molecule has 130 valence electrons. The van der Waals surface area contributed by atoms with Gasteiger partial charge in [-0.1, -0.05) is 70.9 Å². The Morgan fingerprint density at radius 1 is 0.565 bits per heavy atom. The molecule has 0 bridgehead atoms. The monoisotopic (exact) mass is 378 g/mol. The molecule has 0 aromatic carbocycles. The van der Waals surface area contributed by atoms with Crippen LogP contribution in [0.1, 0.15) is 62.3 Å². The van der Waals surface area contributed by atoms with E-state index in [1.165, 1.54) is 8.58 Å². The van der Waals surface area contributed by atoms with Crippen molar-refractivity contribution in [2.75, 3.05) is 0 Å². The topological polar surface area (TPSA) is 59.7 Å². The van der Waals surface area contributed by atoms with Crippen molar-refractivity contribution in [3.05, 3.63) is 37.2 Å². The van der Waals surface area contributed by atoms with E-state index in [2.05, 4.69) is 82.3 Å². The minimum Gasteiger partial charge on any atom is 0 e. The summed E-state index contributed by atoms with van der Waals surface area (Å²) in [6, 6.07) is 0. The van der Waals surface area contributed by atoms with Crippen molar-refractivity contribution in [2.45, 2.75) is 62.3 Å². The summed E-state index contributed by atoms with van der Waals surface area (Å²) in [5, 5.41) is 0. The van der Waals surface area contributed by atoms with Gasteiger partial charge >= 0.3 is 33.9 Å². The molecule has 0 aromatic heterocycles. The molecule has 0 aliphatic carbocycles. The zero-order chi connectivity index (χ0) is 18.9. The summed E-state index contributed by atoms with van der Waals surface area (Å²) >= 11 is 0. The first-order valence-corrected chi connectivity index (χ1v) is 7.70. The summed E-state index contributed by atoms with van der Waals surface area (Å²) in [7, 11) is 1.49. The van der Waals surface area contributed by atoms with Crippen molar-refractivity contribution in [1.29, 1.82) is 0 Å². The first-order valence-electron chi connectivity index (χ1n) is 6.81. The smallest absolute Gasteiger partial charge is 0 e. The van der Waals surface area contributed by atoms with Crippen LogP contribution in [0.3, 0.4) is 0 Å². The predicted molar refractivity (Wildman–Crippen MR) is 86.8 cm³/mol. The molecule has 0 N–H and O–H groups in total. The van der Waals surface area contributed by atoms with Gasteiger partial charge in [0.1, 0.15) is 0 Å². The summed E-state index contributed by atoms with van der Waals surface area (Å²) in [6.45, 7) is 34.5. The summed E-state index contributed by atoms with van der Waals surface area (Å²) in [6.07, 6.45) is 0. The Morgan fingerprint density at radius 2 is 0.783 bits per heavy atom. The molecule has 5 heteroatoms. The SMILES string of the molecule is CC(C)(C)[C]1[P][C](C(C)(C)C)[C]1C(C)(C)C.[C-]#[O+].[C-]#[O+].[C-]#[O+].[Fe]. The summed E-state index contributed by atoms with van der Waals surface area (Å²) in [5.41, 5.74) is 4.21. The Bertz CT molecular complexity index is 333. The molecule has 0 spiro atoms. The van der Waals surface area contributed by atoms with Crippen LogP contribution in [-0.4, -0.2) is 0 Å². The van der Waals surface area contributed by atoms with Crippen LogP contribution in [0.4, 0.5) is 0 Å². The van der Waals surface area contributed by atoms with Crippen LogP contribution in [-0.2, 0) is 31.0 Å². The zero-order valence-corrected chi connectivity index (χ0v) is 17.5. The van der Waals surface area contributed by atoms with E-state index >= 15 is 0 Å². The molecular formula is C18H27FeO3P. The van der Waals surface area contributed by atoms with Crippen LogP contribution in [0.2, 0.25) is 0 Å². The Morgan fingerprint density at radius 3 is 0.913 bits per heavy atom. The van der Waals surface area contributed by atoms with Crippen LogP contribution in [0, 0.1) is 53.4 Å². The van der Waals surface area contributed by atoms with E-state index in [-0.39, 0.29) is 22.5 Å². The van der Waals surface area contributed by atoms with E-state index in [9.17, 15) is 0 Å². The van der Waals surface area contributed by atoms with E-state index in [0.29, 0.717) is 10.8 Å². The molecule has 1 heterocycles. The van der Waals surface area contributed by atoms with Gasteiger partial charge in [-0.2, -0.15) is 0 Å². The van der Waals surface area contributed by atoms with Gasteiger partial charge in [-0.3, -0.25) is 0 Å². The average Bonchev–Trinajstić information content (AvgIpc) is 2.29. The van der Waals surface area contributed by atoms with E-state index in [1.807, 2.05) is 0 Å². The maximum Gasteiger partial charge on any atom is 0 e. The van der Waals surface area contributed by atoms with Crippen LogP contribution >= 0.6 is 8.58 Å². The van der Waals surface area contributed by atoms with Crippen molar-refractivity contribution in [1.82, 2.24) is 0 Å². The molecule has 4 radical (unpaired) electrons. The molecule has 0 unspecified atom stereocenters. The molecular weight excluding hydrogens is 351 g/mol. The van der Waals surface area contributed by atoms with Crippen LogP contribution in [0.5, 0.6) is 0 Å².